The van der Waals surface area contributed by atoms with E-state index in [1.807, 2.05) is 6.07 Å². The van der Waals surface area contributed by atoms with Gasteiger partial charge in [0.1, 0.15) is 5.84 Å². The molecule has 0 saturated carbocycles. The molecule has 0 aliphatic carbocycles. The minimum absolute atomic E-state index is 0.0629. The Morgan fingerprint density at radius 3 is 2.33 bits per heavy atom. The normalized spacial score (nSPS) is 12.8. The van der Waals surface area contributed by atoms with Crippen molar-refractivity contribution < 1.29 is 19.5 Å². The van der Waals surface area contributed by atoms with Crippen molar-refractivity contribution in [3.63, 3.8) is 0 Å². The monoisotopic (exact) mass is 366 g/mol. The summed E-state index contributed by atoms with van der Waals surface area (Å²) >= 11 is 0. The van der Waals surface area contributed by atoms with Gasteiger partial charge in [0.05, 0.1) is 0 Å². The maximum absolute atomic E-state index is 12.4. The average molecular weight is 366 g/mol. The second-order valence-corrected chi connectivity index (χ2v) is 6.21. The molecule has 8 nitrogen and oxygen atoms in total. The molecule has 1 aliphatic heterocycles. The third kappa shape index (κ3) is 3.95. The molecule has 138 valence electrons. The van der Waals surface area contributed by atoms with Crippen LogP contribution >= 0.6 is 0 Å². The van der Waals surface area contributed by atoms with Gasteiger partial charge in [-0.1, -0.05) is 18.2 Å². The highest BCUT2D eigenvalue weighted by Gasteiger charge is 2.25. The highest BCUT2D eigenvalue weighted by Crippen LogP contribution is 2.23. The molecule has 0 aromatic heterocycles. The number of nitrogens with one attached hydrogen (secondary N) is 2. The largest absolute Gasteiger partial charge is 0.474 e. The molecule has 1 aliphatic rings. The third-order valence-corrected chi connectivity index (χ3v) is 4.40. The Hall–Kier alpha value is -3.68. The lowest BCUT2D eigenvalue weighted by molar-refractivity contribution is -0.156. The number of carbonyl (C=O) groups is 3. The topological polar surface area (TPSA) is 137 Å². The number of benzene rings is 2. The highest BCUT2D eigenvalue weighted by atomic mass is 16.4. The van der Waals surface area contributed by atoms with Gasteiger partial charge in [0.25, 0.3) is 5.91 Å². The summed E-state index contributed by atoms with van der Waals surface area (Å²) in [5.74, 6) is -2.72. The van der Waals surface area contributed by atoms with Crippen LogP contribution in [-0.4, -0.2) is 40.2 Å². The van der Waals surface area contributed by atoms with Crippen molar-refractivity contribution in [3.8, 4) is 0 Å². The number of nitrogens with two attached hydrogens (primary N) is 1. The van der Waals surface area contributed by atoms with Crippen molar-refractivity contribution in [3.05, 3.63) is 64.7 Å². The molecule has 0 radical (unpaired) electrons. The first-order chi connectivity index (χ1) is 12.8. The van der Waals surface area contributed by atoms with E-state index in [0.717, 1.165) is 11.1 Å². The first-order valence-corrected chi connectivity index (χ1v) is 8.25. The maximum Gasteiger partial charge on any atom is 0.394 e. The van der Waals surface area contributed by atoms with Gasteiger partial charge in [-0.3, -0.25) is 15.0 Å². The number of nitrogens with zero attached hydrogens (tertiary/aromatic N) is 1. The number of carbonyl (C=O) groups excluding carboxylic acids is 2. The number of hydrogen-bond donors (Lipinski definition) is 4. The van der Waals surface area contributed by atoms with Gasteiger partial charge in [-0.25, -0.2) is 4.79 Å². The van der Waals surface area contributed by atoms with Gasteiger partial charge in [-0.05, 0) is 41.8 Å². The van der Waals surface area contributed by atoms with Gasteiger partial charge in [0.15, 0.2) is 0 Å². The lowest BCUT2D eigenvalue weighted by Crippen LogP contribution is -2.40. The average Bonchev–Trinajstić information content (AvgIpc) is 2.66. The molecule has 0 saturated heterocycles. The molecule has 2 aromatic carbocycles. The Kier molecular flexibility index (Phi) is 4.89. The van der Waals surface area contributed by atoms with E-state index in [0.29, 0.717) is 29.8 Å². The van der Waals surface area contributed by atoms with Crippen LogP contribution in [0.15, 0.2) is 42.5 Å². The van der Waals surface area contributed by atoms with Gasteiger partial charge >= 0.3 is 11.9 Å². The predicted octanol–water partition coefficient (Wildman–Crippen LogP) is 1.19. The van der Waals surface area contributed by atoms with Gasteiger partial charge in [0.2, 0.25) is 0 Å². The number of hydrogen-bond acceptors (Lipinski definition) is 4. The van der Waals surface area contributed by atoms with Crippen molar-refractivity contribution in [1.82, 2.24) is 4.90 Å². The fourth-order valence-electron chi connectivity index (χ4n) is 2.94. The van der Waals surface area contributed by atoms with E-state index in [4.69, 9.17) is 16.2 Å². The SMILES string of the molecule is N=C(N)c1ccc(C(=O)Nc2ccc3c(c2)CCN(C(=O)C(=O)O)C3)cc1. The van der Waals surface area contributed by atoms with E-state index >= 15 is 0 Å². The van der Waals surface area contributed by atoms with Crippen LogP contribution in [0.2, 0.25) is 0 Å². The lowest BCUT2D eigenvalue weighted by Gasteiger charge is -2.27. The number of nitrogen functional groups attached to an aromatic ring is 1. The summed E-state index contributed by atoms with van der Waals surface area (Å²) in [5.41, 5.74) is 8.83. The fraction of sp³-hybridized carbons (Fsp3) is 0.158. The predicted molar refractivity (Wildman–Crippen MR) is 98.6 cm³/mol. The Morgan fingerprint density at radius 1 is 1.04 bits per heavy atom. The zero-order chi connectivity index (χ0) is 19.6. The number of amides is 2. The van der Waals surface area contributed by atoms with Crippen LogP contribution in [0.5, 0.6) is 0 Å². The molecule has 2 aromatic rings. The van der Waals surface area contributed by atoms with Gasteiger partial charge < -0.3 is 21.1 Å². The van der Waals surface area contributed by atoms with Gasteiger partial charge in [-0.15, -0.1) is 0 Å². The Labute approximate surface area is 155 Å². The molecule has 0 spiro atoms. The molecule has 3 rings (SSSR count). The number of rotatable bonds is 3. The summed E-state index contributed by atoms with van der Waals surface area (Å²) in [6.45, 7) is 0.559. The van der Waals surface area contributed by atoms with Crippen LogP contribution in [0.4, 0.5) is 5.69 Å². The second kappa shape index (κ2) is 7.28. The minimum atomic E-state index is -1.46. The number of aliphatic carboxylic acids is 1. The Balaban J connectivity index is 1.71. The summed E-state index contributed by atoms with van der Waals surface area (Å²) < 4.78 is 0. The van der Waals surface area contributed by atoms with Crippen molar-refractivity contribution in [2.45, 2.75) is 13.0 Å². The van der Waals surface area contributed by atoms with E-state index in [-0.39, 0.29) is 18.3 Å². The van der Waals surface area contributed by atoms with E-state index in [1.54, 1.807) is 36.4 Å². The summed E-state index contributed by atoms with van der Waals surface area (Å²) in [6, 6.07) is 11.7. The van der Waals surface area contributed by atoms with Gasteiger partial charge in [-0.2, -0.15) is 0 Å². The van der Waals surface area contributed by atoms with E-state index in [1.165, 1.54) is 4.90 Å². The molecule has 0 bridgehead atoms. The molecule has 27 heavy (non-hydrogen) atoms. The number of fused-ring (bicyclic) bond motifs is 1. The quantitative estimate of drug-likeness (QED) is 0.367. The summed E-state index contributed by atoms with van der Waals surface area (Å²) in [4.78, 5) is 36.1. The van der Waals surface area contributed by atoms with E-state index in [2.05, 4.69) is 5.32 Å². The Bertz CT molecular complexity index is 937. The van der Waals surface area contributed by atoms with Crippen LogP contribution < -0.4 is 11.1 Å². The van der Waals surface area contributed by atoms with Gasteiger partial charge in [0, 0.05) is 29.9 Å². The van der Waals surface area contributed by atoms with Crippen molar-refractivity contribution in [1.29, 1.82) is 5.41 Å². The number of carboxylic acids is 1. The minimum Gasteiger partial charge on any atom is -0.474 e. The first-order valence-electron chi connectivity index (χ1n) is 8.25. The molecule has 0 unspecified atom stereocenters. The van der Waals surface area contributed by atoms with Crippen LogP contribution in [0.3, 0.4) is 0 Å². The molecule has 0 fully saturated rings. The highest BCUT2D eigenvalue weighted by molar-refractivity contribution is 6.31. The maximum atomic E-state index is 12.4. The second-order valence-electron chi connectivity index (χ2n) is 6.21. The lowest BCUT2D eigenvalue weighted by atomic mass is 9.99. The van der Waals surface area contributed by atoms with Crippen molar-refractivity contribution >= 4 is 29.3 Å². The molecule has 5 N–H and O–H groups in total. The number of amidine groups is 1. The van der Waals surface area contributed by atoms with E-state index in [9.17, 15) is 14.4 Å². The van der Waals surface area contributed by atoms with Crippen molar-refractivity contribution in [2.75, 3.05) is 11.9 Å². The van der Waals surface area contributed by atoms with Crippen molar-refractivity contribution in [2.24, 2.45) is 5.73 Å². The molecule has 8 heteroatoms. The van der Waals surface area contributed by atoms with Crippen LogP contribution in [0, 0.1) is 5.41 Å². The Morgan fingerprint density at radius 2 is 1.70 bits per heavy atom. The van der Waals surface area contributed by atoms with Crippen LogP contribution in [-0.2, 0) is 22.6 Å². The fourth-order valence-corrected chi connectivity index (χ4v) is 2.94. The molecule has 2 amide bonds. The smallest absolute Gasteiger partial charge is 0.394 e. The standard InChI is InChI=1S/C19H18N4O4/c20-16(21)11-1-3-12(4-2-11)17(24)22-15-6-5-14-10-23(18(25)19(26)27)8-7-13(14)9-15/h1-6,9H,7-8,10H2,(H3,20,21)(H,22,24)(H,26,27). The summed E-state index contributed by atoms with van der Waals surface area (Å²) in [6.07, 6.45) is 0.519. The van der Waals surface area contributed by atoms with E-state index < -0.39 is 11.9 Å². The zero-order valence-electron chi connectivity index (χ0n) is 14.4. The van der Waals surface area contributed by atoms with Crippen LogP contribution in [0.25, 0.3) is 0 Å². The molecular formula is C19H18N4O4. The molecule has 1 heterocycles. The van der Waals surface area contributed by atoms with Crippen LogP contribution in [0.1, 0.15) is 27.0 Å². The summed E-state index contributed by atoms with van der Waals surface area (Å²) in [5, 5.41) is 19.0. The zero-order valence-corrected chi connectivity index (χ0v) is 14.4. The number of carboxylic acid groups (broad SMARTS) is 1. The first kappa shape index (κ1) is 18.1. The summed E-state index contributed by atoms with van der Waals surface area (Å²) in [7, 11) is 0. The molecule has 0 atom stereocenters. The molecular weight excluding hydrogens is 348 g/mol. The number of anilines is 1. The third-order valence-electron chi connectivity index (χ3n) is 4.40.